The number of carbonyl (C=O) groups is 3. The molecule has 10 nitrogen and oxygen atoms in total. The van der Waals surface area contributed by atoms with E-state index in [4.69, 9.17) is 4.74 Å². The molecule has 3 amide bonds. The second kappa shape index (κ2) is 9.21. The Bertz CT molecular complexity index is 1450. The molecule has 4 aromatic rings. The molecule has 0 atom stereocenters. The summed E-state index contributed by atoms with van der Waals surface area (Å²) in [6.45, 7) is 0.160. The summed E-state index contributed by atoms with van der Waals surface area (Å²) in [6, 6.07) is 10.9. The quantitative estimate of drug-likeness (QED) is 0.339. The smallest absolute Gasteiger partial charge is 0.272 e. The van der Waals surface area contributed by atoms with Crippen LogP contribution in [0.1, 0.15) is 21.6 Å². The third kappa shape index (κ3) is 4.78. The van der Waals surface area contributed by atoms with E-state index in [1.165, 1.54) is 36.8 Å². The predicted octanol–water partition coefficient (Wildman–Crippen LogP) is 2.54. The Balaban J connectivity index is 1.27. The molecule has 0 radical (unpaired) electrons. The third-order valence-corrected chi connectivity index (χ3v) is 5.36. The lowest BCUT2D eigenvalue weighted by Gasteiger charge is -2.18. The van der Waals surface area contributed by atoms with E-state index in [2.05, 4.69) is 30.9 Å². The zero-order chi connectivity index (χ0) is 24.4. The molecule has 0 spiro atoms. The van der Waals surface area contributed by atoms with Gasteiger partial charge in [0.1, 0.15) is 23.4 Å². The van der Waals surface area contributed by atoms with E-state index < -0.39 is 5.91 Å². The number of amides is 3. The number of H-pyrrole nitrogens is 1. The molecule has 3 heterocycles. The van der Waals surface area contributed by atoms with Crippen LogP contribution in [0.2, 0.25) is 0 Å². The van der Waals surface area contributed by atoms with Crippen LogP contribution >= 0.6 is 0 Å². The molecule has 4 N–H and O–H groups in total. The fourth-order valence-corrected chi connectivity index (χ4v) is 3.70. The Morgan fingerprint density at radius 2 is 1.89 bits per heavy atom. The van der Waals surface area contributed by atoms with E-state index in [0.29, 0.717) is 33.7 Å². The highest BCUT2D eigenvalue weighted by molar-refractivity contribution is 6.08. The van der Waals surface area contributed by atoms with Gasteiger partial charge in [-0.3, -0.25) is 14.4 Å². The Morgan fingerprint density at radius 1 is 1.09 bits per heavy atom. The Hall–Kier alpha value is -4.80. The average Bonchev–Trinajstić information content (AvgIpc) is 3.26. The average molecular weight is 474 g/mol. The van der Waals surface area contributed by atoms with Crippen LogP contribution in [-0.4, -0.2) is 39.3 Å². The number of hydrogen-bond donors (Lipinski definition) is 4. The molecule has 0 unspecified atom stereocenters. The lowest BCUT2D eigenvalue weighted by atomic mass is 10.1. The first-order chi connectivity index (χ1) is 17.0. The number of aromatic nitrogens is 3. The van der Waals surface area contributed by atoms with Crippen LogP contribution in [0.5, 0.6) is 5.75 Å². The van der Waals surface area contributed by atoms with Gasteiger partial charge in [0, 0.05) is 12.7 Å². The van der Waals surface area contributed by atoms with Crippen molar-refractivity contribution >= 4 is 40.1 Å². The SMILES string of the molecule is O=C1COc2ccc(CNC(=O)c3ncnc4c(NC(=O)Cc5ccc(F)cc5)c[nH]c34)cc2N1. The lowest BCUT2D eigenvalue weighted by molar-refractivity contribution is -0.118. The van der Waals surface area contributed by atoms with Crippen molar-refractivity contribution in [1.29, 1.82) is 0 Å². The maximum absolute atomic E-state index is 13.1. The Kier molecular flexibility index (Phi) is 5.80. The molecule has 0 bridgehead atoms. The Labute approximate surface area is 197 Å². The van der Waals surface area contributed by atoms with Crippen LogP contribution in [0.3, 0.4) is 0 Å². The summed E-state index contributed by atoms with van der Waals surface area (Å²) in [5.41, 5.74) is 3.22. The summed E-state index contributed by atoms with van der Waals surface area (Å²) >= 11 is 0. The van der Waals surface area contributed by atoms with E-state index in [0.717, 1.165) is 5.56 Å². The van der Waals surface area contributed by atoms with E-state index in [9.17, 15) is 18.8 Å². The molecule has 2 aromatic heterocycles. The summed E-state index contributed by atoms with van der Waals surface area (Å²) in [7, 11) is 0. The summed E-state index contributed by atoms with van der Waals surface area (Å²) in [6.07, 6.45) is 2.83. The van der Waals surface area contributed by atoms with E-state index in [-0.39, 0.29) is 42.9 Å². The second-order valence-corrected chi connectivity index (χ2v) is 7.85. The van der Waals surface area contributed by atoms with Crippen molar-refractivity contribution in [3.8, 4) is 5.75 Å². The van der Waals surface area contributed by atoms with Gasteiger partial charge in [0.05, 0.1) is 23.3 Å². The molecule has 0 saturated heterocycles. The van der Waals surface area contributed by atoms with Gasteiger partial charge in [-0.15, -0.1) is 0 Å². The van der Waals surface area contributed by atoms with Gasteiger partial charge in [-0.25, -0.2) is 14.4 Å². The fraction of sp³-hybridized carbons (Fsp3) is 0.125. The van der Waals surface area contributed by atoms with Gasteiger partial charge in [0.15, 0.2) is 12.3 Å². The fourth-order valence-electron chi connectivity index (χ4n) is 3.70. The first kappa shape index (κ1) is 22.0. The Morgan fingerprint density at radius 3 is 2.71 bits per heavy atom. The van der Waals surface area contributed by atoms with Gasteiger partial charge >= 0.3 is 0 Å². The standard InChI is InChI=1S/C24H19FN6O4/c25-15-4-1-13(2-5-15)8-19(32)31-17-10-26-22-21(17)28-12-29-23(22)24(34)27-9-14-3-6-18-16(7-14)30-20(33)11-35-18/h1-7,10,12,26H,8-9,11H2,(H,27,34)(H,30,33)(H,31,32). The van der Waals surface area contributed by atoms with Crippen molar-refractivity contribution < 1.29 is 23.5 Å². The minimum absolute atomic E-state index is 0.0301. The summed E-state index contributed by atoms with van der Waals surface area (Å²) < 4.78 is 18.4. The zero-order valence-electron chi connectivity index (χ0n) is 18.2. The van der Waals surface area contributed by atoms with E-state index in [1.807, 2.05) is 0 Å². The van der Waals surface area contributed by atoms with Gasteiger partial charge in [0.25, 0.3) is 11.8 Å². The molecule has 176 valence electrons. The number of ether oxygens (including phenoxy) is 1. The molecule has 5 rings (SSSR count). The van der Waals surface area contributed by atoms with Crippen LogP contribution in [-0.2, 0) is 22.6 Å². The number of benzene rings is 2. The van der Waals surface area contributed by atoms with E-state index in [1.54, 1.807) is 18.2 Å². The van der Waals surface area contributed by atoms with Crippen LogP contribution in [0.15, 0.2) is 55.0 Å². The number of hydrogen-bond acceptors (Lipinski definition) is 6. The van der Waals surface area contributed by atoms with Gasteiger partial charge < -0.3 is 25.7 Å². The summed E-state index contributed by atoms with van der Waals surface area (Å²) in [5.74, 6) is -0.806. The van der Waals surface area contributed by atoms with Crippen molar-refractivity contribution in [2.24, 2.45) is 0 Å². The number of rotatable bonds is 6. The molecular weight excluding hydrogens is 455 g/mol. The molecule has 0 aliphatic carbocycles. The number of carbonyl (C=O) groups excluding carboxylic acids is 3. The highest BCUT2D eigenvalue weighted by atomic mass is 19.1. The van der Waals surface area contributed by atoms with Gasteiger partial charge in [-0.1, -0.05) is 18.2 Å². The molecule has 0 fully saturated rings. The first-order valence-corrected chi connectivity index (χ1v) is 10.7. The highest BCUT2D eigenvalue weighted by Gasteiger charge is 2.19. The number of nitrogens with zero attached hydrogens (tertiary/aromatic N) is 2. The number of halogens is 1. The van der Waals surface area contributed by atoms with Crippen molar-refractivity contribution in [3.63, 3.8) is 0 Å². The third-order valence-electron chi connectivity index (χ3n) is 5.36. The van der Waals surface area contributed by atoms with Gasteiger partial charge in [-0.05, 0) is 35.4 Å². The van der Waals surface area contributed by atoms with Crippen LogP contribution < -0.4 is 20.7 Å². The molecule has 2 aromatic carbocycles. The number of fused-ring (bicyclic) bond motifs is 2. The highest BCUT2D eigenvalue weighted by Crippen LogP contribution is 2.28. The molecule has 1 aliphatic rings. The lowest BCUT2D eigenvalue weighted by Crippen LogP contribution is -2.26. The topological polar surface area (TPSA) is 138 Å². The molecule has 11 heteroatoms. The molecule has 35 heavy (non-hydrogen) atoms. The number of anilines is 2. The maximum Gasteiger partial charge on any atom is 0.272 e. The number of nitrogens with one attached hydrogen (secondary N) is 4. The largest absolute Gasteiger partial charge is 0.482 e. The summed E-state index contributed by atoms with van der Waals surface area (Å²) in [4.78, 5) is 48.0. The first-order valence-electron chi connectivity index (χ1n) is 10.7. The van der Waals surface area contributed by atoms with Crippen molar-refractivity contribution in [3.05, 3.63) is 77.6 Å². The zero-order valence-corrected chi connectivity index (χ0v) is 18.2. The van der Waals surface area contributed by atoms with Crippen molar-refractivity contribution in [2.75, 3.05) is 17.2 Å². The van der Waals surface area contributed by atoms with Crippen molar-refractivity contribution in [1.82, 2.24) is 20.3 Å². The van der Waals surface area contributed by atoms with Crippen LogP contribution in [0.25, 0.3) is 11.0 Å². The minimum Gasteiger partial charge on any atom is -0.482 e. The molecular formula is C24H19FN6O4. The molecule has 1 aliphatic heterocycles. The molecule has 0 saturated carbocycles. The normalized spacial score (nSPS) is 12.4. The minimum atomic E-state index is -0.443. The van der Waals surface area contributed by atoms with Gasteiger partial charge in [0.2, 0.25) is 5.91 Å². The predicted molar refractivity (Wildman–Crippen MR) is 124 cm³/mol. The van der Waals surface area contributed by atoms with Crippen LogP contribution in [0, 0.1) is 5.82 Å². The van der Waals surface area contributed by atoms with Crippen molar-refractivity contribution in [2.45, 2.75) is 13.0 Å². The van der Waals surface area contributed by atoms with Crippen LogP contribution in [0.4, 0.5) is 15.8 Å². The maximum atomic E-state index is 13.1. The monoisotopic (exact) mass is 474 g/mol. The van der Waals surface area contributed by atoms with E-state index >= 15 is 0 Å². The second-order valence-electron chi connectivity index (χ2n) is 7.85. The number of aromatic amines is 1. The van der Waals surface area contributed by atoms with Gasteiger partial charge in [-0.2, -0.15) is 0 Å². The summed E-state index contributed by atoms with van der Waals surface area (Å²) in [5, 5.41) is 8.27.